The number of fused-ring (bicyclic) bond motifs is 3. The van der Waals surface area contributed by atoms with Crippen molar-refractivity contribution >= 4 is 28.8 Å². The molecule has 0 aliphatic heterocycles. The number of thioether (sulfide) groups is 1. The molecule has 21 heavy (non-hydrogen) atoms. The zero-order valence-corrected chi connectivity index (χ0v) is 12.6. The van der Waals surface area contributed by atoms with E-state index < -0.39 is 0 Å². The molecular formula is C16H18N2O2S. The van der Waals surface area contributed by atoms with E-state index in [0.717, 1.165) is 17.0 Å². The molecule has 2 saturated carbocycles. The first-order valence-corrected chi connectivity index (χ1v) is 8.54. The SMILES string of the molecule is O=C(CSc1nc2ccccc2o1)N[C@@H]1C[C@H]2CC[C@H]1C2. The summed E-state index contributed by atoms with van der Waals surface area (Å²) in [6.45, 7) is 0. The highest BCUT2D eigenvalue weighted by Crippen LogP contribution is 2.44. The molecule has 0 unspecified atom stereocenters. The van der Waals surface area contributed by atoms with Gasteiger partial charge in [-0.25, -0.2) is 4.98 Å². The highest BCUT2D eigenvalue weighted by molar-refractivity contribution is 7.99. The van der Waals surface area contributed by atoms with Gasteiger partial charge in [0.05, 0.1) is 5.75 Å². The fourth-order valence-corrected chi connectivity index (χ4v) is 4.36. The van der Waals surface area contributed by atoms with Crippen LogP contribution in [0.5, 0.6) is 0 Å². The van der Waals surface area contributed by atoms with Crippen LogP contribution >= 0.6 is 11.8 Å². The molecule has 2 aliphatic carbocycles. The molecule has 4 nitrogen and oxygen atoms in total. The lowest BCUT2D eigenvalue weighted by atomic mass is 9.95. The number of nitrogens with zero attached hydrogens (tertiary/aromatic N) is 1. The number of aromatic nitrogens is 1. The first kappa shape index (κ1) is 13.2. The zero-order chi connectivity index (χ0) is 14.2. The van der Waals surface area contributed by atoms with Crippen LogP contribution in [0.2, 0.25) is 0 Å². The van der Waals surface area contributed by atoms with Crippen molar-refractivity contribution in [3.8, 4) is 0 Å². The second-order valence-corrected chi connectivity index (χ2v) is 7.01. The molecule has 1 N–H and O–H groups in total. The van der Waals surface area contributed by atoms with E-state index in [1.165, 1.54) is 37.4 Å². The Kier molecular flexibility index (Phi) is 3.37. The number of rotatable bonds is 4. The van der Waals surface area contributed by atoms with Crippen molar-refractivity contribution in [1.29, 1.82) is 0 Å². The molecule has 2 aliphatic rings. The molecule has 2 aromatic rings. The molecule has 1 heterocycles. The van der Waals surface area contributed by atoms with E-state index in [4.69, 9.17) is 4.42 Å². The average Bonchev–Trinajstić information content (AvgIpc) is 3.19. The summed E-state index contributed by atoms with van der Waals surface area (Å²) in [4.78, 5) is 16.4. The predicted molar refractivity (Wildman–Crippen MR) is 82.1 cm³/mol. The Morgan fingerprint density at radius 1 is 1.33 bits per heavy atom. The Morgan fingerprint density at radius 3 is 3.00 bits per heavy atom. The van der Waals surface area contributed by atoms with Crippen molar-refractivity contribution in [2.24, 2.45) is 11.8 Å². The van der Waals surface area contributed by atoms with Gasteiger partial charge in [0.2, 0.25) is 5.91 Å². The fourth-order valence-electron chi connectivity index (χ4n) is 3.71. The van der Waals surface area contributed by atoms with Gasteiger partial charge in [-0.15, -0.1) is 0 Å². The quantitative estimate of drug-likeness (QED) is 0.881. The molecule has 1 aromatic carbocycles. The minimum absolute atomic E-state index is 0.0970. The van der Waals surface area contributed by atoms with E-state index in [2.05, 4.69) is 10.3 Å². The first-order chi connectivity index (χ1) is 10.3. The van der Waals surface area contributed by atoms with Crippen LogP contribution in [-0.2, 0) is 4.79 Å². The number of hydrogen-bond donors (Lipinski definition) is 1. The smallest absolute Gasteiger partial charge is 0.257 e. The van der Waals surface area contributed by atoms with Crippen molar-refractivity contribution in [2.45, 2.75) is 36.9 Å². The average molecular weight is 302 g/mol. The minimum atomic E-state index is 0.0970. The van der Waals surface area contributed by atoms with Gasteiger partial charge in [-0.3, -0.25) is 4.79 Å². The summed E-state index contributed by atoms with van der Waals surface area (Å²) in [5, 5.41) is 3.75. The van der Waals surface area contributed by atoms with Crippen molar-refractivity contribution in [2.75, 3.05) is 5.75 Å². The lowest BCUT2D eigenvalue weighted by molar-refractivity contribution is -0.119. The molecule has 5 heteroatoms. The van der Waals surface area contributed by atoms with Crippen molar-refractivity contribution in [3.05, 3.63) is 24.3 Å². The summed E-state index contributed by atoms with van der Waals surface area (Å²) in [5.41, 5.74) is 1.61. The van der Waals surface area contributed by atoms with Gasteiger partial charge >= 0.3 is 0 Å². The number of carbonyl (C=O) groups excluding carboxylic acids is 1. The molecule has 1 amide bonds. The maximum atomic E-state index is 12.1. The highest BCUT2D eigenvalue weighted by atomic mass is 32.2. The molecule has 2 fully saturated rings. The standard InChI is InChI=1S/C16H18N2O2S/c19-15(17-13-8-10-5-6-11(13)7-10)9-21-16-18-12-3-1-2-4-14(12)20-16/h1-4,10-11,13H,5-9H2,(H,17,19)/t10-,11-,13+/m0/s1. The summed E-state index contributed by atoms with van der Waals surface area (Å²) in [6, 6.07) is 8.06. The van der Waals surface area contributed by atoms with E-state index >= 15 is 0 Å². The number of benzene rings is 1. The van der Waals surface area contributed by atoms with Crippen LogP contribution in [0.3, 0.4) is 0 Å². The molecule has 0 radical (unpaired) electrons. The highest BCUT2D eigenvalue weighted by Gasteiger charge is 2.39. The monoisotopic (exact) mass is 302 g/mol. The van der Waals surface area contributed by atoms with Crippen molar-refractivity contribution < 1.29 is 9.21 Å². The Labute approximate surface area is 127 Å². The largest absolute Gasteiger partial charge is 0.431 e. The Bertz CT molecular complexity index is 636. The molecule has 1 aromatic heterocycles. The van der Waals surface area contributed by atoms with Crippen molar-refractivity contribution in [1.82, 2.24) is 10.3 Å². The van der Waals surface area contributed by atoms with E-state index in [0.29, 0.717) is 22.9 Å². The van der Waals surface area contributed by atoms with Gasteiger partial charge in [-0.05, 0) is 43.2 Å². The number of carbonyl (C=O) groups is 1. The minimum Gasteiger partial charge on any atom is -0.431 e. The van der Waals surface area contributed by atoms with Crippen LogP contribution in [0.1, 0.15) is 25.7 Å². The predicted octanol–water partition coefficient (Wildman–Crippen LogP) is 3.22. The van der Waals surface area contributed by atoms with Gasteiger partial charge < -0.3 is 9.73 Å². The van der Waals surface area contributed by atoms with Gasteiger partial charge in [0.25, 0.3) is 5.22 Å². The van der Waals surface area contributed by atoms with E-state index in [1.54, 1.807) is 0 Å². The van der Waals surface area contributed by atoms with Gasteiger partial charge in [0, 0.05) is 6.04 Å². The second-order valence-electron chi connectivity index (χ2n) is 6.09. The summed E-state index contributed by atoms with van der Waals surface area (Å²) in [6.07, 6.45) is 5.12. The summed E-state index contributed by atoms with van der Waals surface area (Å²) >= 11 is 1.37. The summed E-state index contributed by atoms with van der Waals surface area (Å²) in [5.74, 6) is 2.04. The third kappa shape index (κ3) is 2.67. The third-order valence-corrected chi connectivity index (χ3v) is 5.51. The first-order valence-electron chi connectivity index (χ1n) is 7.55. The molecule has 0 spiro atoms. The second kappa shape index (κ2) is 5.37. The lowest BCUT2D eigenvalue weighted by Gasteiger charge is -2.22. The molecule has 110 valence electrons. The van der Waals surface area contributed by atoms with Crippen LogP contribution in [0.25, 0.3) is 11.1 Å². The number of para-hydroxylation sites is 2. The van der Waals surface area contributed by atoms with Crippen LogP contribution in [0, 0.1) is 11.8 Å². The van der Waals surface area contributed by atoms with Gasteiger partial charge in [-0.2, -0.15) is 0 Å². The number of nitrogens with one attached hydrogen (secondary N) is 1. The molecule has 2 bridgehead atoms. The van der Waals surface area contributed by atoms with Crippen LogP contribution in [0.4, 0.5) is 0 Å². The Hall–Kier alpha value is -1.49. The van der Waals surface area contributed by atoms with Crippen LogP contribution in [-0.4, -0.2) is 22.7 Å². The molecule has 3 atom stereocenters. The summed E-state index contributed by atoms with van der Waals surface area (Å²) in [7, 11) is 0. The van der Waals surface area contributed by atoms with Gasteiger partial charge in [0.15, 0.2) is 5.58 Å². The zero-order valence-electron chi connectivity index (χ0n) is 11.7. The summed E-state index contributed by atoms with van der Waals surface area (Å²) < 4.78 is 5.61. The Balaban J connectivity index is 1.32. The fraction of sp³-hybridized carbons (Fsp3) is 0.500. The topological polar surface area (TPSA) is 55.1 Å². The Morgan fingerprint density at radius 2 is 2.24 bits per heavy atom. The normalized spacial score (nSPS) is 27.3. The lowest BCUT2D eigenvalue weighted by Crippen LogP contribution is -2.39. The number of amides is 1. The maximum absolute atomic E-state index is 12.1. The van der Waals surface area contributed by atoms with Gasteiger partial charge in [-0.1, -0.05) is 30.3 Å². The van der Waals surface area contributed by atoms with E-state index in [9.17, 15) is 4.79 Å². The van der Waals surface area contributed by atoms with Crippen LogP contribution in [0.15, 0.2) is 33.9 Å². The molecule has 4 rings (SSSR count). The number of oxazole rings is 1. The number of hydrogen-bond acceptors (Lipinski definition) is 4. The van der Waals surface area contributed by atoms with E-state index in [-0.39, 0.29) is 5.91 Å². The maximum Gasteiger partial charge on any atom is 0.257 e. The van der Waals surface area contributed by atoms with Crippen molar-refractivity contribution in [3.63, 3.8) is 0 Å². The van der Waals surface area contributed by atoms with E-state index in [1.807, 2.05) is 24.3 Å². The van der Waals surface area contributed by atoms with Crippen LogP contribution < -0.4 is 5.32 Å². The van der Waals surface area contributed by atoms with Gasteiger partial charge in [0.1, 0.15) is 5.52 Å². The molecule has 0 saturated heterocycles. The third-order valence-electron chi connectivity index (χ3n) is 4.69. The molecular weight excluding hydrogens is 284 g/mol.